The summed E-state index contributed by atoms with van der Waals surface area (Å²) in [5.41, 5.74) is 0. The number of aliphatic hydroxyl groups excluding tert-OH is 1. The van der Waals surface area contributed by atoms with Crippen LogP contribution in [0.25, 0.3) is 0 Å². The van der Waals surface area contributed by atoms with Crippen LogP contribution in [0.15, 0.2) is 0 Å². The molecule has 1 saturated carbocycles. The van der Waals surface area contributed by atoms with Crippen molar-refractivity contribution in [2.24, 2.45) is 17.8 Å². The van der Waals surface area contributed by atoms with Crippen LogP contribution in [0.1, 0.15) is 349 Å². The number of unbranched alkanes of at least 4 members (excludes halogenated alkanes) is 31. The second-order valence-corrected chi connectivity index (χ2v) is 25.3. The predicted molar refractivity (Wildman–Crippen MR) is 339 cm³/mol. The van der Waals surface area contributed by atoms with Crippen LogP contribution in [0, 0.1) is 17.8 Å². The highest BCUT2D eigenvalue weighted by molar-refractivity contribution is 5.75. The maximum Gasteiger partial charge on any atom is 0.306 e. The van der Waals surface area contributed by atoms with Gasteiger partial charge in [-0.25, -0.2) is 0 Å². The lowest BCUT2D eigenvalue weighted by Crippen LogP contribution is -2.45. The van der Waals surface area contributed by atoms with Crippen molar-refractivity contribution in [2.45, 2.75) is 355 Å². The molecule has 0 radical (unpaired) electrons. The van der Waals surface area contributed by atoms with Crippen molar-refractivity contribution in [1.29, 1.82) is 0 Å². The van der Waals surface area contributed by atoms with Gasteiger partial charge in [-0.05, 0) is 95.6 Å². The molecule has 0 aromatic heterocycles. The maximum absolute atomic E-state index is 13.5. The Kier molecular flexibility index (Phi) is 55.4. The predicted octanol–water partition coefficient (Wildman–Crippen LogP) is 19.2. The third kappa shape index (κ3) is 48.4. The molecule has 3 atom stereocenters. The number of esters is 2. The third-order valence-corrected chi connectivity index (χ3v) is 17.7. The number of ether oxygens (including phenoxy) is 2. The van der Waals surface area contributed by atoms with E-state index < -0.39 is 0 Å². The first kappa shape index (κ1) is 75.3. The normalized spacial score (nSPS) is 14.0. The quantitative estimate of drug-likeness (QED) is 0.0458. The molecular formula is C70H137N3O6. The van der Waals surface area contributed by atoms with Gasteiger partial charge in [-0.3, -0.25) is 24.2 Å². The highest BCUT2D eigenvalue weighted by Crippen LogP contribution is 2.27. The summed E-state index contributed by atoms with van der Waals surface area (Å²) in [6, 6.07) is 0.630. The largest absolute Gasteiger partial charge is 0.465 e. The smallest absolute Gasteiger partial charge is 0.306 e. The van der Waals surface area contributed by atoms with Crippen LogP contribution in [0.4, 0.5) is 0 Å². The standard InChI is InChI=1S/C70H137N3O6/c1-6-11-16-21-24-25-26-27-28-29-30-33-40-53-69(76)78-62-66(63-79-70(77)60-64(45-35-19-14-9-4)46-37-31-22-17-12-7-2)49-41-43-55-73(67-50-44-51-67)57-56-72(58-59-74)54-42-34-39-52-68(75)71-61-65(47-36-20-15-10-5)48-38-32-23-18-13-8-3/h64-67,74H,6-63H2,1-5H3,(H,71,75). The van der Waals surface area contributed by atoms with Crippen LogP contribution in [-0.2, 0) is 23.9 Å². The zero-order valence-corrected chi connectivity index (χ0v) is 53.7. The van der Waals surface area contributed by atoms with Crippen molar-refractivity contribution in [1.82, 2.24) is 15.1 Å². The molecule has 1 fully saturated rings. The highest BCUT2D eigenvalue weighted by Gasteiger charge is 2.25. The van der Waals surface area contributed by atoms with Gasteiger partial charge in [-0.2, -0.15) is 0 Å². The molecule has 1 rings (SSSR count). The Labute approximate surface area is 491 Å². The van der Waals surface area contributed by atoms with Gasteiger partial charge < -0.3 is 19.9 Å². The average molecular weight is 1120 g/mol. The molecule has 0 aliphatic heterocycles. The van der Waals surface area contributed by atoms with Gasteiger partial charge in [-0.1, -0.05) is 259 Å². The first-order chi connectivity index (χ1) is 38.8. The van der Waals surface area contributed by atoms with Gasteiger partial charge in [0.05, 0.1) is 19.8 Å². The summed E-state index contributed by atoms with van der Waals surface area (Å²) in [4.78, 5) is 44.6. The molecule has 0 spiro atoms. The summed E-state index contributed by atoms with van der Waals surface area (Å²) in [7, 11) is 0. The molecule has 3 unspecified atom stereocenters. The first-order valence-electron chi connectivity index (χ1n) is 35.4. The lowest BCUT2D eigenvalue weighted by Gasteiger charge is -2.39. The van der Waals surface area contributed by atoms with E-state index in [0.717, 1.165) is 96.9 Å². The summed E-state index contributed by atoms with van der Waals surface area (Å²) < 4.78 is 12.1. The topological polar surface area (TPSA) is 108 Å². The molecule has 0 saturated heterocycles. The van der Waals surface area contributed by atoms with Gasteiger partial charge in [0.2, 0.25) is 5.91 Å². The number of carbonyl (C=O) groups excluding carboxylic acids is 3. The number of amides is 1. The molecule has 2 N–H and O–H groups in total. The minimum absolute atomic E-state index is 0.0107. The first-order valence-corrected chi connectivity index (χ1v) is 35.4. The van der Waals surface area contributed by atoms with Crippen molar-refractivity contribution in [3.8, 4) is 0 Å². The van der Waals surface area contributed by atoms with Crippen LogP contribution >= 0.6 is 0 Å². The van der Waals surface area contributed by atoms with E-state index in [-0.39, 0.29) is 30.4 Å². The summed E-state index contributed by atoms with van der Waals surface area (Å²) in [6.07, 6.45) is 58.4. The van der Waals surface area contributed by atoms with Gasteiger partial charge >= 0.3 is 11.9 Å². The molecule has 1 aliphatic carbocycles. The fourth-order valence-corrected chi connectivity index (χ4v) is 12.0. The molecule has 0 aromatic rings. The molecule has 1 aliphatic rings. The second-order valence-electron chi connectivity index (χ2n) is 25.3. The van der Waals surface area contributed by atoms with Crippen LogP contribution < -0.4 is 5.32 Å². The Morgan fingerprint density at radius 3 is 1.29 bits per heavy atom. The Morgan fingerprint density at radius 2 is 0.810 bits per heavy atom. The monoisotopic (exact) mass is 1120 g/mol. The zero-order valence-electron chi connectivity index (χ0n) is 53.7. The molecule has 9 nitrogen and oxygen atoms in total. The molecular weight excluding hydrogens is 979 g/mol. The van der Waals surface area contributed by atoms with Gasteiger partial charge in [-0.15, -0.1) is 0 Å². The van der Waals surface area contributed by atoms with E-state index in [2.05, 4.69) is 49.7 Å². The maximum atomic E-state index is 13.5. The molecule has 0 aromatic carbocycles. The van der Waals surface area contributed by atoms with Crippen molar-refractivity contribution in [3.05, 3.63) is 0 Å². The molecule has 1 amide bonds. The van der Waals surface area contributed by atoms with Crippen LogP contribution in [0.2, 0.25) is 0 Å². The van der Waals surface area contributed by atoms with Crippen LogP contribution in [0.5, 0.6) is 0 Å². The number of aliphatic hydroxyl groups is 1. The van der Waals surface area contributed by atoms with Crippen molar-refractivity contribution in [2.75, 3.05) is 59.1 Å². The average Bonchev–Trinajstić information content (AvgIpc) is 3.43. The van der Waals surface area contributed by atoms with Gasteiger partial charge in [0.15, 0.2) is 0 Å². The number of rotatable bonds is 63. The van der Waals surface area contributed by atoms with Crippen molar-refractivity contribution >= 4 is 17.8 Å². The van der Waals surface area contributed by atoms with Gasteiger partial charge in [0.25, 0.3) is 0 Å². The van der Waals surface area contributed by atoms with E-state index in [1.54, 1.807) is 0 Å². The second kappa shape index (κ2) is 58.1. The molecule has 468 valence electrons. The molecule has 0 heterocycles. The minimum atomic E-state index is -0.106. The summed E-state index contributed by atoms with van der Waals surface area (Å²) in [6.45, 7) is 17.7. The van der Waals surface area contributed by atoms with Gasteiger partial charge in [0.1, 0.15) is 0 Å². The van der Waals surface area contributed by atoms with Crippen LogP contribution in [0.3, 0.4) is 0 Å². The van der Waals surface area contributed by atoms with E-state index in [0.29, 0.717) is 56.9 Å². The summed E-state index contributed by atoms with van der Waals surface area (Å²) >= 11 is 0. The SMILES string of the molecule is CCCCCCCCCCCCCCCC(=O)OCC(CCCCN(CCN(CCO)CCCCCC(=O)NCC(CCCCCC)CCCCCCCC)C1CCC1)COC(=O)CC(CCCCCC)CCCCCCCC. The Balaban J connectivity index is 2.70. The molecule has 9 heteroatoms. The minimum Gasteiger partial charge on any atom is -0.465 e. The Bertz CT molecular complexity index is 1310. The van der Waals surface area contributed by atoms with Crippen LogP contribution in [-0.4, -0.2) is 97.9 Å². The number of nitrogens with one attached hydrogen (secondary N) is 1. The number of carbonyl (C=O) groups is 3. The van der Waals surface area contributed by atoms with E-state index >= 15 is 0 Å². The lowest BCUT2D eigenvalue weighted by atomic mass is 9.91. The zero-order chi connectivity index (χ0) is 57.3. The fraction of sp³-hybridized carbons (Fsp3) is 0.957. The van der Waals surface area contributed by atoms with E-state index in [9.17, 15) is 19.5 Å². The van der Waals surface area contributed by atoms with Crippen molar-refractivity contribution in [3.63, 3.8) is 0 Å². The Morgan fingerprint density at radius 1 is 0.418 bits per heavy atom. The lowest BCUT2D eigenvalue weighted by molar-refractivity contribution is -0.150. The Hall–Kier alpha value is -1.71. The van der Waals surface area contributed by atoms with Crippen molar-refractivity contribution < 1.29 is 29.0 Å². The summed E-state index contributed by atoms with van der Waals surface area (Å²) in [5, 5.41) is 13.4. The van der Waals surface area contributed by atoms with E-state index in [4.69, 9.17) is 9.47 Å². The molecule has 79 heavy (non-hydrogen) atoms. The number of nitrogens with zero attached hydrogens (tertiary/aromatic N) is 2. The third-order valence-electron chi connectivity index (χ3n) is 17.7. The van der Waals surface area contributed by atoms with Gasteiger partial charge in [0, 0.05) is 57.4 Å². The number of hydrogen-bond acceptors (Lipinski definition) is 8. The molecule has 0 bridgehead atoms. The summed E-state index contributed by atoms with van der Waals surface area (Å²) in [5.74, 6) is 1.05. The number of hydrogen-bond donors (Lipinski definition) is 2. The highest BCUT2D eigenvalue weighted by atomic mass is 16.5. The van der Waals surface area contributed by atoms with E-state index in [1.807, 2.05) is 0 Å². The van der Waals surface area contributed by atoms with E-state index in [1.165, 1.54) is 231 Å². The fourth-order valence-electron chi connectivity index (χ4n) is 12.0.